The maximum Gasteiger partial charge on any atom is 0.115 e. The molecule has 1 N–H and O–H groups in total. The first-order chi connectivity index (χ1) is 8.83. The van der Waals surface area contributed by atoms with Gasteiger partial charge in [0.25, 0.3) is 0 Å². The minimum atomic E-state index is 0.749. The molecule has 0 fully saturated rings. The lowest BCUT2D eigenvalue weighted by atomic mass is 10.3. The number of rotatable bonds is 6. The van der Waals surface area contributed by atoms with Crippen LogP contribution in [0.1, 0.15) is 30.9 Å². The number of nitrogens with one attached hydrogen (secondary N) is 1. The first-order valence-electron chi connectivity index (χ1n) is 6.34. The van der Waals surface area contributed by atoms with Gasteiger partial charge in [-0.3, -0.25) is 4.68 Å². The van der Waals surface area contributed by atoms with Crippen molar-refractivity contribution >= 4 is 0 Å². The molecule has 2 rings (SSSR count). The number of nitrogens with zero attached hydrogens (tertiary/aromatic N) is 4. The summed E-state index contributed by atoms with van der Waals surface area (Å²) in [5.74, 6) is 0. The van der Waals surface area contributed by atoms with Gasteiger partial charge in [-0.05, 0) is 25.5 Å². The summed E-state index contributed by atoms with van der Waals surface area (Å²) >= 11 is 0. The van der Waals surface area contributed by atoms with Crippen LogP contribution in [0.5, 0.6) is 0 Å². The highest BCUT2D eigenvalue weighted by atomic mass is 15.3. The van der Waals surface area contributed by atoms with Crippen LogP contribution in [-0.4, -0.2) is 19.7 Å². The first kappa shape index (κ1) is 12.7. The fourth-order valence-electron chi connectivity index (χ4n) is 1.85. The van der Waals surface area contributed by atoms with Crippen molar-refractivity contribution < 1.29 is 0 Å². The Bertz CT molecular complexity index is 477. The van der Waals surface area contributed by atoms with Crippen molar-refractivity contribution in [2.75, 3.05) is 0 Å². The molecule has 0 saturated heterocycles. The van der Waals surface area contributed by atoms with Gasteiger partial charge in [0.1, 0.15) is 6.33 Å². The summed E-state index contributed by atoms with van der Waals surface area (Å²) in [6, 6.07) is 4.08. The van der Waals surface area contributed by atoms with Gasteiger partial charge < -0.3 is 5.32 Å². The molecule has 96 valence electrons. The zero-order valence-corrected chi connectivity index (χ0v) is 10.9. The van der Waals surface area contributed by atoms with E-state index in [0.717, 1.165) is 37.4 Å². The van der Waals surface area contributed by atoms with E-state index >= 15 is 0 Å². The van der Waals surface area contributed by atoms with E-state index in [-0.39, 0.29) is 0 Å². The Morgan fingerprint density at radius 3 is 2.78 bits per heavy atom. The van der Waals surface area contributed by atoms with Gasteiger partial charge in [0.2, 0.25) is 0 Å². The van der Waals surface area contributed by atoms with Crippen LogP contribution in [0.2, 0.25) is 0 Å². The van der Waals surface area contributed by atoms with Crippen LogP contribution >= 0.6 is 0 Å². The van der Waals surface area contributed by atoms with Gasteiger partial charge >= 0.3 is 0 Å². The van der Waals surface area contributed by atoms with E-state index in [9.17, 15) is 0 Å². The summed E-state index contributed by atoms with van der Waals surface area (Å²) in [6.07, 6.45) is 4.31. The number of aryl methyl sites for hydroxylation is 2. The molecule has 0 spiro atoms. The average molecular weight is 245 g/mol. The summed E-state index contributed by atoms with van der Waals surface area (Å²) in [5, 5.41) is 7.90. The summed E-state index contributed by atoms with van der Waals surface area (Å²) in [4.78, 5) is 8.08. The number of aromatic nitrogens is 4. The van der Waals surface area contributed by atoms with Crippen LogP contribution in [0.15, 0.2) is 24.7 Å². The van der Waals surface area contributed by atoms with Crippen molar-refractivity contribution in [2.24, 2.45) is 0 Å². The second-order valence-corrected chi connectivity index (χ2v) is 4.10. The smallest absolute Gasteiger partial charge is 0.115 e. The highest BCUT2D eigenvalue weighted by Crippen LogP contribution is 2.05. The third-order valence-electron chi connectivity index (χ3n) is 2.83. The predicted molar refractivity (Wildman–Crippen MR) is 69.9 cm³/mol. The second kappa shape index (κ2) is 6.26. The summed E-state index contributed by atoms with van der Waals surface area (Å²) < 4.78 is 2.05. The van der Waals surface area contributed by atoms with Crippen LogP contribution in [0.4, 0.5) is 0 Å². The van der Waals surface area contributed by atoms with Crippen molar-refractivity contribution in [3.05, 3.63) is 41.7 Å². The van der Waals surface area contributed by atoms with E-state index < -0.39 is 0 Å². The number of hydrogen-bond acceptors (Lipinski definition) is 4. The standard InChI is InChI=1S/C13H19N5/c1-3-11-7-13(18(4-2)17-11)9-15-8-12-5-6-14-10-16-12/h5-7,10,15H,3-4,8-9H2,1-2H3. The predicted octanol–water partition coefficient (Wildman–Crippen LogP) is 1.55. The molecule has 0 amide bonds. The molecule has 0 aromatic carbocycles. The minimum Gasteiger partial charge on any atom is -0.306 e. The lowest BCUT2D eigenvalue weighted by molar-refractivity contribution is 0.574. The van der Waals surface area contributed by atoms with Crippen LogP contribution in [0, 0.1) is 0 Å². The Morgan fingerprint density at radius 1 is 1.22 bits per heavy atom. The van der Waals surface area contributed by atoms with Crippen molar-refractivity contribution in [3.63, 3.8) is 0 Å². The van der Waals surface area contributed by atoms with Crippen LogP contribution < -0.4 is 5.32 Å². The largest absolute Gasteiger partial charge is 0.306 e. The maximum atomic E-state index is 4.52. The molecule has 0 aliphatic heterocycles. The van der Waals surface area contributed by atoms with Crippen molar-refractivity contribution in [3.8, 4) is 0 Å². The first-order valence-corrected chi connectivity index (χ1v) is 6.34. The summed E-state index contributed by atoms with van der Waals surface area (Å²) in [6.45, 7) is 6.70. The van der Waals surface area contributed by atoms with Gasteiger partial charge in [-0.15, -0.1) is 0 Å². The van der Waals surface area contributed by atoms with Gasteiger partial charge in [-0.2, -0.15) is 5.10 Å². The van der Waals surface area contributed by atoms with Crippen molar-refractivity contribution in [1.29, 1.82) is 0 Å². The molecule has 0 unspecified atom stereocenters. The molecule has 5 nitrogen and oxygen atoms in total. The normalized spacial score (nSPS) is 10.8. The molecule has 0 radical (unpaired) electrons. The van der Waals surface area contributed by atoms with Crippen LogP contribution in [-0.2, 0) is 26.1 Å². The van der Waals surface area contributed by atoms with E-state index in [1.54, 1.807) is 12.5 Å². The zero-order chi connectivity index (χ0) is 12.8. The highest BCUT2D eigenvalue weighted by Gasteiger charge is 2.05. The second-order valence-electron chi connectivity index (χ2n) is 4.10. The molecular formula is C13H19N5. The van der Waals surface area contributed by atoms with E-state index in [4.69, 9.17) is 0 Å². The van der Waals surface area contributed by atoms with E-state index in [1.165, 1.54) is 5.69 Å². The SMILES string of the molecule is CCc1cc(CNCc2ccncn2)n(CC)n1. The van der Waals surface area contributed by atoms with Gasteiger partial charge in [-0.25, -0.2) is 9.97 Å². The Balaban J connectivity index is 1.92. The molecule has 0 aliphatic carbocycles. The molecule has 5 heteroatoms. The molecule has 0 aliphatic rings. The molecule has 2 heterocycles. The third-order valence-corrected chi connectivity index (χ3v) is 2.83. The lowest BCUT2D eigenvalue weighted by Gasteiger charge is -2.06. The van der Waals surface area contributed by atoms with Crippen molar-refractivity contribution in [1.82, 2.24) is 25.1 Å². The fraction of sp³-hybridized carbons (Fsp3) is 0.462. The maximum absolute atomic E-state index is 4.52. The highest BCUT2D eigenvalue weighted by molar-refractivity contribution is 5.10. The molecule has 0 saturated carbocycles. The Hall–Kier alpha value is -1.75. The third kappa shape index (κ3) is 3.13. The zero-order valence-electron chi connectivity index (χ0n) is 10.9. The quantitative estimate of drug-likeness (QED) is 0.839. The van der Waals surface area contributed by atoms with Crippen molar-refractivity contribution in [2.45, 2.75) is 39.9 Å². The molecular weight excluding hydrogens is 226 g/mol. The number of hydrogen-bond donors (Lipinski definition) is 1. The molecule has 2 aromatic heterocycles. The van der Waals surface area contributed by atoms with E-state index in [0.29, 0.717) is 0 Å². The van der Waals surface area contributed by atoms with Gasteiger partial charge in [0, 0.05) is 25.8 Å². The Labute approximate surface area is 107 Å². The monoisotopic (exact) mass is 245 g/mol. The Morgan fingerprint density at radius 2 is 2.11 bits per heavy atom. The molecule has 0 atom stereocenters. The van der Waals surface area contributed by atoms with Gasteiger partial charge in [0.05, 0.1) is 17.1 Å². The molecule has 0 bridgehead atoms. The lowest BCUT2D eigenvalue weighted by Crippen LogP contribution is -2.16. The minimum absolute atomic E-state index is 0.749. The van der Waals surface area contributed by atoms with E-state index in [2.05, 4.69) is 40.3 Å². The molecule has 18 heavy (non-hydrogen) atoms. The van der Waals surface area contributed by atoms with Crippen LogP contribution in [0.3, 0.4) is 0 Å². The average Bonchev–Trinajstić information content (AvgIpc) is 2.82. The topological polar surface area (TPSA) is 55.6 Å². The van der Waals surface area contributed by atoms with E-state index in [1.807, 2.05) is 10.7 Å². The fourth-order valence-corrected chi connectivity index (χ4v) is 1.85. The van der Waals surface area contributed by atoms with Crippen LogP contribution in [0.25, 0.3) is 0 Å². The summed E-state index contributed by atoms with van der Waals surface area (Å²) in [7, 11) is 0. The molecule has 2 aromatic rings. The summed E-state index contributed by atoms with van der Waals surface area (Å²) in [5.41, 5.74) is 3.38. The Kier molecular flexibility index (Phi) is 4.41. The van der Waals surface area contributed by atoms with Gasteiger partial charge in [-0.1, -0.05) is 6.92 Å². The van der Waals surface area contributed by atoms with Gasteiger partial charge in [0.15, 0.2) is 0 Å².